The van der Waals surface area contributed by atoms with E-state index in [-0.39, 0.29) is 0 Å². The molecule has 0 heterocycles. The minimum Gasteiger partial charge on any atom is -0.493 e. The van der Waals surface area contributed by atoms with Crippen LogP contribution in [0.1, 0.15) is 18.0 Å². The average Bonchev–Trinajstić information content (AvgIpc) is 2.81. The van der Waals surface area contributed by atoms with Crippen molar-refractivity contribution < 1.29 is 34.8 Å². The summed E-state index contributed by atoms with van der Waals surface area (Å²) in [6, 6.07) is 25.6. The first-order valence-electron chi connectivity index (χ1n) is 10.4. The van der Waals surface area contributed by atoms with E-state index in [0.29, 0.717) is 12.6 Å². The first-order chi connectivity index (χ1) is 15.7. The van der Waals surface area contributed by atoms with Crippen LogP contribution in [0.3, 0.4) is 0 Å². The first kappa shape index (κ1) is 25.8. The second kappa shape index (κ2) is 12.5. The Morgan fingerprint density at radius 2 is 1.36 bits per heavy atom. The molecule has 33 heavy (non-hydrogen) atoms. The molecule has 0 saturated carbocycles. The summed E-state index contributed by atoms with van der Waals surface area (Å²) in [5.41, 5.74) is 1.33. The molecule has 0 aromatic heterocycles. The van der Waals surface area contributed by atoms with Crippen molar-refractivity contribution in [3.8, 4) is 5.75 Å². The Morgan fingerprint density at radius 3 is 1.94 bits per heavy atom. The maximum absolute atomic E-state index is 9.77. The summed E-state index contributed by atoms with van der Waals surface area (Å²) in [5, 5.41) is 34.9. The molecule has 176 valence electrons. The number of hydrogen-bond donors (Lipinski definition) is 4. The van der Waals surface area contributed by atoms with Crippen LogP contribution in [0.5, 0.6) is 5.75 Å². The molecule has 3 atom stereocenters. The van der Waals surface area contributed by atoms with Crippen molar-refractivity contribution in [3.05, 3.63) is 78.4 Å². The van der Waals surface area contributed by atoms with Crippen LogP contribution in [0.15, 0.2) is 72.8 Å². The van der Waals surface area contributed by atoms with Crippen LogP contribution in [0.4, 0.5) is 0 Å². The minimum atomic E-state index is -2.27. The Hall–Kier alpha value is -3.46. The number of hydrogen-bond acceptors (Lipinski definition) is 6. The van der Waals surface area contributed by atoms with Crippen molar-refractivity contribution in [2.45, 2.75) is 24.7 Å². The van der Waals surface area contributed by atoms with E-state index in [4.69, 9.17) is 25.2 Å². The van der Waals surface area contributed by atoms with Crippen LogP contribution < -0.4 is 4.74 Å². The molecule has 0 amide bonds. The number of carboxylic acids is 2. The molecule has 0 saturated heterocycles. The van der Waals surface area contributed by atoms with Crippen LogP contribution in [0, 0.1) is 0 Å². The van der Waals surface area contributed by atoms with Gasteiger partial charge in [0.05, 0.1) is 6.61 Å². The van der Waals surface area contributed by atoms with E-state index in [1.165, 1.54) is 16.3 Å². The summed E-state index contributed by atoms with van der Waals surface area (Å²) >= 11 is 0. The van der Waals surface area contributed by atoms with Crippen LogP contribution in [0.25, 0.3) is 10.8 Å². The van der Waals surface area contributed by atoms with Gasteiger partial charge in [0, 0.05) is 17.8 Å². The summed E-state index contributed by atoms with van der Waals surface area (Å²) in [7, 11) is 4.24. The Kier molecular flexibility index (Phi) is 9.81. The molecule has 4 N–H and O–H groups in total. The van der Waals surface area contributed by atoms with Gasteiger partial charge in [-0.15, -0.1) is 0 Å². The number of rotatable bonds is 9. The molecule has 0 bridgehead atoms. The van der Waals surface area contributed by atoms with E-state index in [1.54, 1.807) is 0 Å². The summed E-state index contributed by atoms with van der Waals surface area (Å²) in [6.07, 6.45) is -3.57. The zero-order valence-electron chi connectivity index (χ0n) is 18.5. The number of nitrogens with zero attached hydrogens (tertiary/aromatic N) is 1. The van der Waals surface area contributed by atoms with E-state index in [2.05, 4.69) is 91.8 Å². The lowest BCUT2D eigenvalue weighted by Gasteiger charge is -2.25. The highest BCUT2D eigenvalue weighted by Gasteiger charge is 2.29. The predicted molar refractivity (Wildman–Crippen MR) is 124 cm³/mol. The molecule has 0 aliphatic heterocycles. The van der Waals surface area contributed by atoms with Gasteiger partial charge in [-0.2, -0.15) is 0 Å². The largest absolute Gasteiger partial charge is 0.493 e. The van der Waals surface area contributed by atoms with E-state index in [1.807, 2.05) is 0 Å². The molecular formula is C25H29NO7. The lowest BCUT2D eigenvalue weighted by atomic mass is 10.0. The fourth-order valence-electron chi connectivity index (χ4n) is 3.27. The smallest absolute Gasteiger partial charge is 0.335 e. The third-order valence-electron chi connectivity index (χ3n) is 5.01. The molecule has 3 aromatic rings. The maximum atomic E-state index is 9.77. The highest BCUT2D eigenvalue weighted by molar-refractivity contribution is 5.88. The quantitative estimate of drug-likeness (QED) is 0.388. The molecule has 8 nitrogen and oxygen atoms in total. The first-order valence-corrected chi connectivity index (χ1v) is 10.4. The molecule has 8 heteroatoms. The Morgan fingerprint density at radius 1 is 0.818 bits per heavy atom. The maximum Gasteiger partial charge on any atom is 0.335 e. The number of ether oxygens (including phenoxy) is 1. The topological polar surface area (TPSA) is 128 Å². The van der Waals surface area contributed by atoms with E-state index < -0.39 is 24.1 Å². The van der Waals surface area contributed by atoms with Crippen molar-refractivity contribution in [1.29, 1.82) is 0 Å². The van der Waals surface area contributed by atoms with Gasteiger partial charge in [-0.05, 0) is 31.1 Å². The normalized spacial score (nSPS) is 13.5. The Labute approximate surface area is 192 Å². The standard InChI is InChI=1S/C21H23NO.C4H6O6/c1-22(2)20(18-10-4-3-5-11-18)15-16-23-21-14-8-12-17-9-6-7-13-19(17)21;5-1(3(7)8)2(6)4(9)10/h3-14,20H,15-16H2,1-2H3;1-2,5-6H,(H,7,8)(H,9,10)/t;1-,2-/m.0/s1. The summed E-state index contributed by atoms with van der Waals surface area (Å²) < 4.78 is 6.09. The van der Waals surface area contributed by atoms with Gasteiger partial charge >= 0.3 is 11.9 Å². The second-order valence-corrected chi connectivity index (χ2v) is 7.57. The number of fused-ring (bicyclic) bond motifs is 1. The van der Waals surface area contributed by atoms with Crippen molar-refractivity contribution in [2.75, 3.05) is 20.7 Å². The van der Waals surface area contributed by atoms with Gasteiger partial charge in [-0.1, -0.05) is 66.7 Å². The molecule has 3 aromatic carbocycles. The average molecular weight is 456 g/mol. The molecular weight excluding hydrogens is 426 g/mol. The molecule has 0 radical (unpaired) electrons. The van der Waals surface area contributed by atoms with Crippen molar-refractivity contribution in [3.63, 3.8) is 0 Å². The van der Waals surface area contributed by atoms with Gasteiger partial charge in [0.2, 0.25) is 0 Å². The number of aliphatic carboxylic acids is 2. The predicted octanol–water partition coefficient (Wildman–Crippen LogP) is 2.79. The third-order valence-corrected chi connectivity index (χ3v) is 5.01. The SMILES string of the molecule is CN(C)C(CCOc1cccc2ccccc12)c1ccccc1.O=C(O)[C@@H](O)[C@H](O)C(=O)O. The number of benzene rings is 3. The van der Waals surface area contributed by atoms with Gasteiger partial charge in [0.1, 0.15) is 5.75 Å². The van der Waals surface area contributed by atoms with Crippen molar-refractivity contribution in [1.82, 2.24) is 4.90 Å². The Bertz CT molecular complexity index is 1020. The van der Waals surface area contributed by atoms with Crippen molar-refractivity contribution >= 4 is 22.7 Å². The van der Waals surface area contributed by atoms with E-state index >= 15 is 0 Å². The number of aliphatic hydroxyl groups excluding tert-OH is 2. The molecule has 3 rings (SSSR count). The highest BCUT2D eigenvalue weighted by Crippen LogP contribution is 2.27. The van der Waals surface area contributed by atoms with Crippen molar-refractivity contribution in [2.24, 2.45) is 0 Å². The molecule has 0 fully saturated rings. The van der Waals surface area contributed by atoms with E-state index in [0.717, 1.165) is 12.2 Å². The summed E-state index contributed by atoms with van der Waals surface area (Å²) in [6.45, 7) is 0.700. The second-order valence-electron chi connectivity index (χ2n) is 7.57. The van der Waals surface area contributed by atoms with Gasteiger partial charge < -0.3 is 30.1 Å². The van der Waals surface area contributed by atoms with Gasteiger partial charge in [-0.3, -0.25) is 0 Å². The van der Waals surface area contributed by atoms with Crippen LogP contribution in [-0.2, 0) is 9.59 Å². The number of carbonyl (C=O) groups is 2. The van der Waals surface area contributed by atoms with Gasteiger partial charge in [0.25, 0.3) is 0 Å². The molecule has 0 aliphatic rings. The molecule has 0 spiro atoms. The van der Waals surface area contributed by atoms with E-state index in [9.17, 15) is 9.59 Å². The van der Waals surface area contributed by atoms with Gasteiger partial charge in [-0.25, -0.2) is 9.59 Å². The van der Waals surface area contributed by atoms with Crippen LogP contribution in [0.2, 0.25) is 0 Å². The number of aliphatic hydroxyl groups is 2. The third kappa shape index (κ3) is 7.57. The lowest BCUT2D eigenvalue weighted by Crippen LogP contribution is -2.39. The van der Waals surface area contributed by atoms with Gasteiger partial charge in [0.15, 0.2) is 12.2 Å². The van der Waals surface area contributed by atoms with Crippen LogP contribution >= 0.6 is 0 Å². The fraction of sp³-hybridized carbons (Fsp3) is 0.280. The van der Waals surface area contributed by atoms with Crippen LogP contribution in [-0.4, -0.2) is 70.2 Å². The summed E-state index contributed by atoms with van der Waals surface area (Å²) in [5.74, 6) is -2.57. The lowest BCUT2D eigenvalue weighted by molar-refractivity contribution is -0.165. The molecule has 1 unspecified atom stereocenters. The summed E-state index contributed by atoms with van der Waals surface area (Å²) in [4.78, 5) is 21.8. The zero-order chi connectivity index (χ0) is 24.4. The Balaban J connectivity index is 0.000000328. The molecule has 0 aliphatic carbocycles. The monoisotopic (exact) mass is 455 g/mol. The highest BCUT2D eigenvalue weighted by atomic mass is 16.5. The zero-order valence-corrected chi connectivity index (χ0v) is 18.5. The number of carboxylic acid groups (broad SMARTS) is 2. The minimum absolute atomic E-state index is 0.367. The fourth-order valence-corrected chi connectivity index (χ4v) is 3.27.